The van der Waals surface area contributed by atoms with E-state index in [1.165, 1.54) is 0 Å². The van der Waals surface area contributed by atoms with E-state index in [-0.39, 0.29) is 0 Å². The lowest BCUT2D eigenvalue weighted by Crippen LogP contribution is -2.47. The Bertz CT molecular complexity index is 250. The number of hydrogen-bond acceptors (Lipinski definition) is 5. The average Bonchev–Trinajstić information content (AvgIpc) is 2.44. The van der Waals surface area contributed by atoms with E-state index in [1.807, 2.05) is 0 Å². The largest absolute Gasteiger partial charge is 0.480 e. The predicted octanol–water partition coefficient (Wildman–Crippen LogP) is 1.29. The summed E-state index contributed by atoms with van der Waals surface area (Å²) >= 11 is 0. The molecular formula is C14H29NO5. The summed E-state index contributed by atoms with van der Waals surface area (Å²) in [6.07, 6.45) is 3.17. The van der Waals surface area contributed by atoms with Gasteiger partial charge in [0.05, 0.1) is 13.2 Å². The molecule has 0 aliphatic carbocycles. The van der Waals surface area contributed by atoms with Crippen molar-refractivity contribution in [3.63, 3.8) is 0 Å². The van der Waals surface area contributed by atoms with Gasteiger partial charge >= 0.3 is 5.97 Å². The quantitative estimate of drug-likeness (QED) is 0.470. The first kappa shape index (κ1) is 19.3. The highest BCUT2D eigenvalue weighted by atomic mass is 16.5. The van der Waals surface area contributed by atoms with Gasteiger partial charge in [0.2, 0.25) is 0 Å². The molecule has 0 aliphatic rings. The highest BCUT2D eigenvalue weighted by Gasteiger charge is 2.29. The van der Waals surface area contributed by atoms with Crippen molar-refractivity contribution in [1.29, 1.82) is 0 Å². The maximum Gasteiger partial charge on any atom is 0.323 e. The monoisotopic (exact) mass is 291 g/mol. The Morgan fingerprint density at radius 1 is 1.05 bits per heavy atom. The number of likely N-dealkylation sites (N-methyl/N-ethyl adjacent to an activating group) is 1. The van der Waals surface area contributed by atoms with Crippen LogP contribution in [-0.2, 0) is 19.0 Å². The molecule has 0 aromatic heterocycles. The molecule has 0 radical (unpaired) electrons. The second kappa shape index (κ2) is 12.1. The van der Waals surface area contributed by atoms with Gasteiger partial charge in [0, 0.05) is 26.9 Å². The van der Waals surface area contributed by atoms with Crippen LogP contribution in [0.5, 0.6) is 0 Å². The molecule has 0 heterocycles. The van der Waals surface area contributed by atoms with Crippen molar-refractivity contribution in [3.8, 4) is 0 Å². The fourth-order valence-corrected chi connectivity index (χ4v) is 1.63. The standard InChI is InChI=1S/C14H29NO5/c1-14(15-2,13(16)17)7-4-5-8-19-9-6-10-20-12-11-18-3/h15H,4-12H2,1-3H3,(H,16,17). The van der Waals surface area contributed by atoms with Crippen molar-refractivity contribution < 1.29 is 24.1 Å². The fraction of sp³-hybridized carbons (Fsp3) is 0.929. The molecule has 6 heteroatoms. The number of nitrogens with one attached hydrogen (secondary N) is 1. The molecule has 0 saturated heterocycles. The van der Waals surface area contributed by atoms with Crippen LogP contribution in [0.2, 0.25) is 0 Å². The third-order valence-electron chi connectivity index (χ3n) is 3.25. The van der Waals surface area contributed by atoms with Crippen LogP contribution in [0.1, 0.15) is 32.6 Å². The Kier molecular flexibility index (Phi) is 11.7. The minimum absolute atomic E-state index is 0.600. The molecule has 0 rings (SSSR count). The Hall–Kier alpha value is -0.690. The summed E-state index contributed by atoms with van der Waals surface area (Å²) in [5.74, 6) is -0.811. The van der Waals surface area contributed by atoms with E-state index in [2.05, 4.69) is 5.32 Å². The molecule has 0 aromatic carbocycles. The lowest BCUT2D eigenvalue weighted by Gasteiger charge is -2.23. The molecule has 120 valence electrons. The highest BCUT2D eigenvalue weighted by Crippen LogP contribution is 2.13. The smallest absolute Gasteiger partial charge is 0.323 e. The summed E-state index contributed by atoms with van der Waals surface area (Å²) in [7, 11) is 3.32. The number of methoxy groups -OCH3 is 1. The molecule has 2 N–H and O–H groups in total. The van der Waals surface area contributed by atoms with E-state index >= 15 is 0 Å². The van der Waals surface area contributed by atoms with Crippen molar-refractivity contribution in [2.24, 2.45) is 0 Å². The van der Waals surface area contributed by atoms with Gasteiger partial charge in [0.1, 0.15) is 5.54 Å². The number of unbranched alkanes of at least 4 members (excludes halogenated alkanes) is 1. The SMILES string of the molecule is CNC(C)(CCCCOCCCOCCOC)C(=O)O. The first-order valence-electron chi connectivity index (χ1n) is 7.13. The first-order chi connectivity index (χ1) is 9.56. The van der Waals surface area contributed by atoms with Gasteiger partial charge in [-0.25, -0.2) is 0 Å². The molecule has 0 aromatic rings. The molecule has 1 unspecified atom stereocenters. The highest BCUT2D eigenvalue weighted by molar-refractivity contribution is 5.78. The summed E-state index contributed by atoms with van der Waals surface area (Å²) in [6.45, 7) is 4.96. The number of carboxylic acids is 1. The molecule has 20 heavy (non-hydrogen) atoms. The minimum Gasteiger partial charge on any atom is -0.480 e. The third-order valence-corrected chi connectivity index (χ3v) is 3.25. The first-order valence-corrected chi connectivity index (χ1v) is 7.13. The van der Waals surface area contributed by atoms with Crippen LogP contribution >= 0.6 is 0 Å². The fourth-order valence-electron chi connectivity index (χ4n) is 1.63. The van der Waals surface area contributed by atoms with Crippen molar-refractivity contribution in [2.75, 3.05) is 47.2 Å². The van der Waals surface area contributed by atoms with Gasteiger partial charge in [-0.1, -0.05) is 0 Å². The Balaban J connectivity index is 3.34. The number of hydrogen-bond donors (Lipinski definition) is 2. The van der Waals surface area contributed by atoms with Crippen molar-refractivity contribution in [3.05, 3.63) is 0 Å². The number of rotatable bonds is 14. The van der Waals surface area contributed by atoms with Crippen LogP contribution in [0.3, 0.4) is 0 Å². The zero-order chi connectivity index (χ0) is 15.3. The summed E-state index contributed by atoms with van der Waals surface area (Å²) in [6, 6.07) is 0. The van der Waals surface area contributed by atoms with Crippen LogP contribution in [0.25, 0.3) is 0 Å². The lowest BCUT2D eigenvalue weighted by atomic mass is 9.95. The van der Waals surface area contributed by atoms with E-state index in [0.29, 0.717) is 39.5 Å². The average molecular weight is 291 g/mol. The lowest BCUT2D eigenvalue weighted by molar-refractivity contribution is -0.144. The molecule has 1 atom stereocenters. The Morgan fingerprint density at radius 2 is 1.65 bits per heavy atom. The molecule has 6 nitrogen and oxygen atoms in total. The Labute approximate surface area is 121 Å². The normalized spacial score (nSPS) is 14.2. The molecule has 0 bridgehead atoms. The van der Waals surface area contributed by atoms with Gasteiger partial charge in [0.25, 0.3) is 0 Å². The zero-order valence-electron chi connectivity index (χ0n) is 12.9. The summed E-state index contributed by atoms with van der Waals surface area (Å²) in [4.78, 5) is 11.0. The van der Waals surface area contributed by atoms with Crippen molar-refractivity contribution >= 4 is 5.97 Å². The summed E-state index contributed by atoms with van der Waals surface area (Å²) in [5.41, 5.74) is -0.838. The van der Waals surface area contributed by atoms with Crippen LogP contribution in [0.4, 0.5) is 0 Å². The number of carboxylic acid groups (broad SMARTS) is 1. The van der Waals surface area contributed by atoms with Crippen molar-refractivity contribution in [2.45, 2.75) is 38.1 Å². The van der Waals surface area contributed by atoms with Gasteiger partial charge in [-0.2, -0.15) is 0 Å². The van der Waals surface area contributed by atoms with E-state index < -0.39 is 11.5 Å². The minimum atomic E-state index is -0.838. The zero-order valence-corrected chi connectivity index (χ0v) is 12.9. The van der Waals surface area contributed by atoms with Crippen LogP contribution in [0, 0.1) is 0 Å². The second-order valence-corrected chi connectivity index (χ2v) is 4.92. The van der Waals surface area contributed by atoms with Crippen LogP contribution in [0.15, 0.2) is 0 Å². The van der Waals surface area contributed by atoms with E-state index in [9.17, 15) is 4.79 Å². The van der Waals surface area contributed by atoms with Crippen molar-refractivity contribution in [1.82, 2.24) is 5.32 Å². The van der Waals surface area contributed by atoms with E-state index in [1.54, 1.807) is 21.1 Å². The summed E-state index contributed by atoms with van der Waals surface area (Å²) in [5, 5.41) is 11.9. The molecule has 0 fully saturated rings. The molecule has 0 spiro atoms. The Morgan fingerprint density at radius 3 is 2.20 bits per heavy atom. The van der Waals surface area contributed by atoms with Gasteiger partial charge in [0.15, 0.2) is 0 Å². The summed E-state index contributed by atoms with van der Waals surface area (Å²) < 4.78 is 15.6. The molecule has 0 saturated carbocycles. The second-order valence-electron chi connectivity index (χ2n) is 4.92. The van der Waals surface area contributed by atoms with Gasteiger partial charge in [-0.15, -0.1) is 0 Å². The molecule has 0 aliphatic heterocycles. The van der Waals surface area contributed by atoms with E-state index in [0.717, 1.165) is 19.3 Å². The van der Waals surface area contributed by atoms with Crippen LogP contribution in [-0.4, -0.2) is 63.8 Å². The topological polar surface area (TPSA) is 77.0 Å². The molecule has 0 amide bonds. The third kappa shape index (κ3) is 9.25. The number of carbonyl (C=O) groups is 1. The van der Waals surface area contributed by atoms with Gasteiger partial charge < -0.3 is 24.6 Å². The number of ether oxygens (including phenoxy) is 3. The van der Waals surface area contributed by atoms with Gasteiger partial charge in [-0.05, 0) is 39.7 Å². The van der Waals surface area contributed by atoms with Crippen LogP contribution < -0.4 is 5.32 Å². The molecular weight excluding hydrogens is 262 g/mol. The predicted molar refractivity (Wildman–Crippen MR) is 77.1 cm³/mol. The maximum absolute atomic E-state index is 11.0. The van der Waals surface area contributed by atoms with E-state index in [4.69, 9.17) is 19.3 Å². The maximum atomic E-state index is 11.0. The number of aliphatic carboxylic acids is 1. The van der Waals surface area contributed by atoms with Gasteiger partial charge in [-0.3, -0.25) is 4.79 Å².